The Hall–Kier alpha value is -2.40. The zero-order valence-corrected chi connectivity index (χ0v) is 11.9. The fourth-order valence-electron chi connectivity index (χ4n) is 1.73. The number of carbonyl (C=O) groups excluding carboxylic acids is 2. The molecule has 0 aliphatic carbocycles. The molecule has 6 heteroatoms. The highest BCUT2D eigenvalue weighted by molar-refractivity contribution is 6.30. The second kappa shape index (κ2) is 6.37. The topological polar surface area (TPSA) is 58.2 Å². The first-order valence-electron chi connectivity index (χ1n) is 6.10. The molecular weight excluding hydrogens is 295 g/mol. The summed E-state index contributed by atoms with van der Waals surface area (Å²) in [5.74, 6) is -1.34. The van der Waals surface area contributed by atoms with Crippen LogP contribution >= 0.6 is 11.6 Å². The van der Waals surface area contributed by atoms with Gasteiger partial charge < -0.3 is 10.6 Å². The van der Waals surface area contributed by atoms with Gasteiger partial charge in [-0.15, -0.1) is 0 Å². The summed E-state index contributed by atoms with van der Waals surface area (Å²) in [5, 5.41) is 5.27. The molecule has 0 fully saturated rings. The number of carbonyl (C=O) groups is 2. The first-order chi connectivity index (χ1) is 9.95. The summed E-state index contributed by atoms with van der Waals surface area (Å²) in [6.45, 7) is 1.37. The fraction of sp³-hybridized carbons (Fsp3) is 0.0667. The van der Waals surface area contributed by atoms with E-state index in [0.29, 0.717) is 11.3 Å². The van der Waals surface area contributed by atoms with Crippen molar-refractivity contribution >= 4 is 34.8 Å². The first-order valence-corrected chi connectivity index (χ1v) is 6.47. The zero-order chi connectivity index (χ0) is 15.4. The minimum atomic E-state index is -0.617. The van der Waals surface area contributed by atoms with Gasteiger partial charge in [-0.25, -0.2) is 4.39 Å². The van der Waals surface area contributed by atoms with Crippen LogP contribution < -0.4 is 10.6 Å². The van der Waals surface area contributed by atoms with Crippen molar-refractivity contribution in [3.05, 3.63) is 58.9 Å². The highest BCUT2D eigenvalue weighted by Crippen LogP contribution is 2.20. The Labute approximate surface area is 125 Å². The number of hydrogen-bond donors (Lipinski definition) is 2. The van der Waals surface area contributed by atoms with Crippen LogP contribution in [0.4, 0.5) is 15.8 Å². The van der Waals surface area contributed by atoms with E-state index in [4.69, 9.17) is 11.6 Å². The van der Waals surface area contributed by atoms with Gasteiger partial charge in [0.25, 0.3) is 5.91 Å². The molecule has 2 rings (SSSR count). The minimum Gasteiger partial charge on any atom is -0.326 e. The molecule has 21 heavy (non-hydrogen) atoms. The van der Waals surface area contributed by atoms with Gasteiger partial charge in [0, 0.05) is 23.2 Å². The molecule has 2 amide bonds. The lowest BCUT2D eigenvalue weighted by Gasteiger charge is -2.08. The molecule has 0 radical (unpaired) electrons. The third-order valence-corrected chi connectivity index (χ3v) is 2.86. The summed E-state index contributed by atoms with van der Waals surface area (Å²) in [6, 6.07) is 10.3. The number of hydrogen-bond acceptors (Lipinski definition) is 2. The highest BCUT2D eigenvalue weighted by atomic mass is 35.5. The van der Waals surface area contributed by atoms with Crippen LogP contribution in [-0.4, -0.2) is 11.8 Å². The van der Waals surface area contributed by atoms with Crippen molar-refractivity contribution in [2.45, 2.75) is 6.92 Å². The Bertz CT molecular complexity index is 704. The maximum Gasteiger partial charge on any atom is 0.255 e. The normalized spacial score (nSPS) is 10.0. The van der Waals surface area contributed by atoms with Gasteiger partial charge in [-0.05, 0) is 36.4 Å². The third-order valence-electron chi connectivity index (χ3n) is 2.62. The number of halogens is 2. The van der Waals surface area contributed by atoms with Gasteiger partial charge in [-0.2, -0.15) is 0 Å². The lowest BCUT2D eigenvalue weighted by atomic mass is 10.1. The predicted octanol–water partition coefficient (Wildman–Crippen LogP) is 3.69. The largest absolute Gasteiger partial charge is 0.326 e. The van der Waals surface area contributed by atoms with E-state index in [2.05, 4.69) is 10.6 Å². The monoisotopic (exact) mass is 306 g/mol. The molecule has 0 unspecified atom stereocenters. The molecule has 0 aliphatic heterocycles. The van der Waals surface area contributed by atoms with E-state index < -0.39 is 11.7 Å². The van der Waals surface area contributed by atoms with E-state index in [9.17, 15) is 14.0 Å². The summed E-state index contributed by atoms with van der Waals surface area (Å²) in [6.07, 6.45) is 0. The van der Waals surface area contributed by atoms with Gasteiger partial charge in [0.2, 0.25) is 5.91 Å². The average molecular weight is 307 g/mol. The second-order valence-electron chi connectivity index (χ2n) is 4.34. The number of rotatable bonds is 3. The van der Waals surface area contributed by atoms with Crippen LogP contribution in [-0.2, 0) is 4.79 Å². The van der Waals surface area contributed by atoms with Crippen molar-refractivity contribution in [1.29, 1.82) is 0 Å². The van der Waals surface area contributed by atoms with Crippen LogP contribution in [0.1, 0.15) is 17.3 Å². The molecule has 0 bridgehead atoms. The van der Waals surface area contributed by atoms with Crippen LogP contribution in [0.3, 0.4) is 0 Å². The fourth-order valence-corrected chi connectivity index (χ4v) is 1.89. The molecule has 0 aliphatic rings. The number of anilines is 2. The van der Waals surface area contributed by atoms with E-state index >= 15 is 0 Å². The van der Waals surface area contributed by atoms with Gasteiger partial charge in [0.15, 0.2) is 0 Å². The Morgan fingerprint density at radius 1 is 1.10 bits per heavy atom. The lowest BCUT2D eigenvalue weighted by molar-refractivity contribution is -0.114. The SMILES string of the molecule is CC(=O)Nc1cccc(C(=O)Nc2ccc(Cl)cc2F)c1. The molecule has 4 nitrogen and oxygen atoms in total. The second-order valence-corrected chi connectivity index (χ2v) is 4.78. The summed E-state index contributed by atoms with van der Waals surface area (Å²) < 4.78 is 13.6. The number of amides is 2. The number of benzene rings is 2. The quantitative estimate of drug-likeness (QED) is 0.908. The van der Waals surface area contributed by atoms with Crippen LogP contribution in [0.2, 0.25) is 5.02 Å². The Kier molecular flexibility index (Phi) is 4.55. The van der Waals surface area contributed by atoms with Crippen LogP contribution in [0, 0.1) is 5.82 Å². The van der Waals surface area contributed by atoms with E-state index in [0.717, 1.165) is 6.07 Å². The Balaban J connectivity index is 2.18. The molecule has 0 saturated heterocycles. The molecule has 2 aromatic carbocycles. The zero-order valence-electron chi connectivity index (χ0n) is 11.1. The van der Waals surface area contributed by atoms with Gasteiger partial charge in [-0.1, -0.05) is 17.7 Å². The smallest absolute Gasteiger partial charge is 0.255 e. The van der Waals surface area contributed by atoms with E-state index in [1.54, 1.807) is 18.2 Å². The van der Waals surface area contributed by atoms with Gasteiger partial charge in [0.1, 0.15) is 5.82 Å². The maximum atomic E-state index is 13.6. The van der Waals surface area contributed by atoms with E-state index in [1.807, 2.05) is 0 Å². The summed E-state index contributed by atoms with van der Waals surface area (Å²) in [4.78, 5) is 23.1. The average Bonchev–Trinajstić information content (AvgIpc) is 2.41. The summed E-state index contributed by atoms with van der Waals surface area (Å²) in [7, 11) is 0. The Morgan fingerprint density at radius 2 is 1.86 bits per heavy atom. The van der Waals surface area contributed by atoms with Gasteiger partial charge >= 0.3 is 0 Å². The molecule has 108 valence electrons. The summed E-state index contributed by atoms with van der Waals surface area (Å²) in [5.41, 5.74) is 0.830. The highest BCUT2D eigenvalue weighted by Gasteiger charge is 2.10. The van der Waals surface area contributed by atoms with Crippen LogP contribution in [0.25, 0.3) is 0 Å². The van der Waals surface area contributed by atoms with Crippen molar-refractivity contribution in [3.63, 3.8) is 0 Å². The molecular formula is C15H12ClFN2O2. The lowest BCUT2D eigenvalue weighted by Crippen LogP contribution is -2.14. The number of nitrogens with one attached hydrogen (secondary N) is 2. The van der Waals surface area contributed by atoms with Crippen molar-refractivity contribution in [2.24, 2.45) is 0 Å². The van der Waals surface area contributed by atoms with Gasteiger partial charge in [-0.3, -0.25) is 9.59 Å². The molecule has 0 atom stereocenters. The molecule has 0 spiro atoms. The van der Waals surface area contributed by atoms with Crippen LogP contribution in [0.15, 0.2) is 42.5 Å². The molecule has 2 aromatic rings. The maximum absolute atomic E-state index is 13.6. The van der Waals surface area contributed by atoms with Crippen LogP contribution in [0.5, 0.6) is 0 Å². The van der Waals surface area contributed by atoms with E-state index in [-0.39, 0.29) is 16.6 Å². The van der Waals surface area contributed by atoms with Crippen molar-refractivity contribution < 1.29 is 14.0 Å². The molecule has 0 saturated carbocycles. The van der Waals surface area contributed by atoms with Gasteiger partial charge in [0.05, 0.1) is 5.69 Å². The van der Waals surface area contributed by atoms with Crippen molar-refractivity contribution in [2.75, 3.05) is 10.6 Å². The standard InChI is InChI=1S/C15H12ClFN2O2/c1-9(20)18-12-4-2-3-10(7-12)15(21)19-14-6-5-11(16)8-13(14)17/h2-8H,1H3,(H,18,20)(H,19,21). The third kappa shape index (κ3) is 4.03. The first kappa shape index (κ1) is 15.0. The molecule has 0 heterocycles. The molecule has 0 aromatic heterocycles. The minimum absolute atomic E-state index is 0.0364. The van der Waals surface area contributed by atoms with Crippen molar-refractivity contribution in [3.8, 4) is 0 Å². The molecule has 2 N–H and O–H groups in total. The van der Waals surface area contributed by atoms with Crippen molar-refractivity contribution in [1.82, 2.24) is 0 Å². The summed E-state index contributed by atoms with van der Waals surface area (Å²) >= 11 is 5.65. The predicted molar refractivity (Wildman–Crippen MR) is 80.1 cm³/mol. The Morgan fingerprint density at radius 3 is 2.52 bits per heavy atom. The van der Waals surface area contributed by atoms with E-state index in [1.165, 1.54) is 25.1 Å².